The van der Waals surface area contributed by atoms with Gasteiger partial charge < -0.3 is 0 Å². The quantitative estimate of drug-likeness (QED) is 0.722. The third kappa shape index (κ3) is 2.80. The van der Waals surface area contributed by atoms with Gasteiger partial charge in [0.2, 0.25) is 0 Å². The van der Waals surface area contributed by atoms with E-state index in [1.165, 1.54) is 43.4 Å². The standard InChI is InChI=1S/C19H24ClN3/c1-13-5-6-14-9-16(18(20)22-17(13)14)15-10-21-23(11-15)12-19(2)7-3-4-8-19/h9-11,13H,3-8,12H2,1-2H3. The number of hydrogen-bond donors (Lipinski definition) is 0. The van der Waals surface area contributed by atoms with E-state index in [1.54, 1.807) is 0 Å². The molecule has 0 aliphatic heterocycles. The molecular formula is C19H24ClN3. The van der Waals surface area contributed by atoms with Gasteiger partial charge in [0, 0.05) is 29.6 Å². The smallest absolute Gasteiger partial charge is 0.137 e. The molecular weight excluding hydrogens is 306 g/mol. The van der Waals surface area contributed by atoms with Crippen molar-refractivity contribution in [1.29, 1.82) is 0 Å². The number of aryl methyl sites for hydroxylation is 1. The Bertz CT molecular complexity index is 728. The van der Waals surface area contributed by atoms with E-state index < -0.39 is 0 Å². The van der Waals surface area contributed by atoms with Gasteiger partial charge in [-0.05, 0) is 48.6 Å². The van der Waals surface area contributed by atoms with Gasteiger partial charge in [0.1, 0.15) is 5.15 Å². The summed E-state index contributed by atoms with van der Waals surface area (Å²) >= 11 is 6.47. The highest BCUT2D eigenvalue weighted by Crippen LogP contribution is 2.40. The average molecular weight is 330 g/mol. The Morgan fingerprint density at radius 1 is 1.35 bits per heavy atom. The van der Waals surface area contributed by atoms with E-state index in [-0.39, 0.29) is 0 Å². The second-order valence-corrected chi connectivity index (χ2v) is 8.11. The number of pyridine rings is 1. The van der Waals surface area contributed by atoms with Crippen LogP contribution in [0.15, 0.2) is 18.5 Å². The van der Waals surface area contributed by atoms with Gasteiger partial charge in [-0.1, -0.05) is 38.3 Å². The van der Waals surface area contributed by atoms with E-state index in [0.717, 1.165) is 24.1 Å². The zero-order valence-electron chi connectivity index (χ0n) is 14.0. The molecule has 1 saturated carbocycles. The van der Waals surface area contributed by atoms with Crippen molar-refractivity contribution in [2.45, 2.75) is 64.8 Å². The van der Waals surface area contributed by atoms with Gasteiger partial charge in [0.05, 0.1) is 6.20 Å². The monoisotopic (exact) mass is 329 g/mol. The Morgan fingerprint density at radius 2 is 2.13 bits per heavy atom. The summed E-state index contributed by atoms with van der Waals surface area (Å²) in [4.78, 5) is 4.67. The lowest BCUT2D eigenvalue weighted by Gasteiger charge is -2.22. The van der Waals surface area contributed by atoms with Crippen LogP contribution in [0.4, 0.5) is 0 Å². The Hall–Kier alpha value is -1.35. The van der Waals surface area contributed by atoms with Gasteiger partial charge in [0.15, 0.2) is 0 Å². The van der Waals surface area contributed by atoms with Crippen LogP contribution in [0.2, 0.25) is 5.15 Å². The molecule has 1 fully saturated rings. The predicted octanol–water partition coefficient (Wildman–Crippen LogP) is 5.23. The van der Waals surface area contributed by atoms with Crippen LogP contribution in [0, 0.1) is 5.41 Å². The van der Waals surface area contributed by atoms with E-state index in [0.29, 0.717) is 16.5 Å². The SMILES string of the molecule is CC1CCc2cc(-c3cnn(CC4(C)CCCC4)c3)c(Cl)nc21. The fraction of sp³-hybridized carbons (Fsp3) is 0.579. The van der Waals surface area contributed by atoms with Crippen LogP contribution in [0.5, 0.6) is 0 Å². The summed E-state index contributed by atoms with van der Waals surface area (Å²) in [5.74, 6) is 0.529. The summed E-state index contributed by atoms with van der Waals surface area (Å²) in [6.07, 6.45) is 11.7. The van der Waals surface area contributed by atoms with Crippen LogP contribution in [0.1, 0.15) is 63.1 Å². The normalized spacial score (nSPS) is 22.5. The molecule has 1 atom stereocenters. The number of nitrogens with zero attached hydrogens (tertiary/aromatic N) is 3. The van der Waals surface area contributed by atoms with Crippen molar-refractivity contribution in [3.63, 3.8) is 0 Å². The number of hydrogen-bond acceptors (Lipinski definition) is 2. The molecule has 0 saturated heterocycles. The van der Waals surface area contributed by atoms with Crippen LogP contribution in [-0.4, -0.2) is 14.8 Å². The number of rotatable bonds is 3. The molecule has 4 heteroatoms. The first-order chi connectivity index (χ1) is 11.0. The molecule has 0 bridgehead atoms. The summed E-state index contributed by atoms with van der Waals surface area (Å²) in [7, 11) is 0. The van der Waals surface area contributed by atoms with Gasteiger partial charge in [0.25, 0.3) is 0 Å². The van der Waals surface area contributed by atoms with Gasteiger partial charge >= 0.3 is 0 Å². The highest BCUT2D eigenvalue weighted by Gasteiger charge is 2.29. The summed E-state index contributed by atoms with van der Waals surface area (Å²) in [6.45, 7) is 5.61. The fourth-order valence-corrected chi connectivity index (χ4v) is 4.51. The highest BCUT2D eigenvalue weighted by atomic mass is 35.5. The molecule has 2 aromatic heterocycles. The van der Waals surface area contributed by atoms with Gasteiger partial charge in [-0.25, -0.2) is 4.98 Å². The molecule has 2 aliphatic rings. The maximum Gasteiger partial charge on any atom is 0.137 e. The van der Waals surface area contributed by atoms with Crippen molar-refractivity contribution >= 4 is 11.6 Å². The minimum Gasteiger partial charge on any atom is -0.272 e. The first-order valence-electron chi connectivity index (χ1n) is 8.76. The van der Waals surface area contributed by atoms with Crippen molar-refractivity contribution in [3.05, 3.63) is 34.9 Å². The Morgan fingerprint density at radius 3 is 2.91 bits per heavy atom. The van der Waals surface area contributed by atoms with Crippen molar-refractivity contribution in [2.24, 2.45) is 5.41 Å². The van der Waals surface area contributed by atoms with Crippen molar-refractivity contribution < 1.29 is 0 Å². The van der Waals surface area contributed by atoms with Crippen LogP contribution >= 0.6 is 11.6 Å². The average Bonchev–Trinajstić information content (AvgIpc) is 3.22. The second kappa shape index (κ2) is 5.62. The maximum absolute atomic E-state index is 6.47. The number of aromatic nitrogens is 3. The van der Waals surface area contributed by atoms with Crippen molar-refractivity contribution in [3.8, 4) is 11.1 Å². The molecule has 122 valence electrons. The van der Waals surface area contributed by atoms with Crippen LogP contribution in [0.3, 0.4) is 0 Å². The molecule has 0 spiro atoms. The molecule has 0 radical (unpaired) electrons. The minimum absolute atomic E-state index is 0.401. The molecule has 1 unspecified atom stereocenters. The minimum atomic E-state index is 0.401. The maximum atomic E-state index is 6.47. The van der Waals surface area contributed by atoms with Crippen molar-refractivity contribution in [1.82, 2.24) is 14.8 Å². The molecule has 2 heterocycles. The molecule has 3 nitrogen and oxygen atoms in total. The zero-order valence-corrected chi connectivity index (χ0v) is 14.7. The van der Waals surface area contributed by atoms with Crippen LogP contribution in [-0.2, 0) is 13.0 Å². The van der Waals surface area contributed by atoms with Crippen LogP contribution in [0.25, 0.3) is 11.1 Å². The second-order valence-electron chi connectivity index (χ2n) is 7.76. The summed E-state index contributed by atoms with van der Waals surface area (Å²) < 4.78 is 2.09. The fourth-order valence-electron chi connectivity index (χ4n) is 4.25. The summed E-state index contributed by atoms with van der Waals surface area (Å²) in [5.41, 5.74) is 5.06. The summed E-state index contributed by atoms with van der Waals surface area (Å²) in [6, 6.07) is 2.23. The number of fused-ring (bicyclic) bond motifs is 1. The van der Waals surface area contributed by atoms with E-state index in [1.807, 2.05) is 6.20 Å². The third-order valence-electron chi connectivity index (χ3n) is 5.70. The molecule has 0 N–H and O–H groups in total. The molecule has 23 heavy (non-hydrogen) atoms. The molecule has 2 aliphatic carbocycles. The van der Waals surface area contributed by atoms with E-state index >= 15 is 0 Å². The summed E-state index contributed by atoms with van der Waals surface area (Å²) in [5, 5.41) is 5.20. The first kappa shape index (κ1) is 15.2. The highest BCUT2D eigenvalue weighted by molar-refractivity contribution is 6.32. The van der Waals surface area contributed by atoms with Gasteiger partial charge in [-0.3, -0.25) is 4.68 Å². The first-order valence-corrected chi connectivity index (χ1v) is 9.14. The lowest BCUT2D eigenvalue weighted by Crippen LogP contribution is -2.19. The molecule has 0 amide bonds. The Balaban J connectivity index is 1.62. The zero-order chi connectivity index (χ0) is 16.0. The molecule has 4 rings (SSSR count). The van der Waals surface area contributed by atoms with E-state index in [9.17, 15) is 0 Å². The Kier molecular flexibility index (Phi) is 3.72. The van der Waals surface area contributed by atoms with Gasteiger partial charge in [-0.2, -0.15) is 5.10 Å². The van der Waals surface area contributed by atoms with Crippen molar-refractivity contribution in [2.75, 3.05) is 0 Å². The lowest BCUT2D eigenvalue weighted by molar-refractivity contribution is 0.268. The number of halogens is 1. The van der Waals surface area contributed by atoms with E-state index in [4.69, 9.17) is 11.6 Å². The Labute approximate surface area is 143 Å². The lowest BCUT2D eigenvalue weighted by atomic mass is 9.89. The molecule has 2 aromatic rings. The topological polar surface area (TPSA) is 30.7 Å². The van der Waals surface area contributed by atoms with Gasteiger partial charge in [-0.15, -0.1) is 0 Å². The largest absolute Gasteiger partial charge is 0.272 e. The predicted molar refractivity (Wildman–Crippen MR) is 93.8 cm³/mol. The van der Waals surface area contributed by atoms with E-state index in [2.05, 4.69) is 40.9 Å². The third-order valence-corrected chi connectivity index (χ3v) is 5.99. The van der Waals surface area contributed by atoms with Crippen LogP contribution < -0.4 is 0 Å². The molecule has 0 aromatic carbocycles.